The summed E-state index contributed by atoms with van der Waals surface area (Å²) in [6.45, 7) is 2.00. The van der Waals surface area contributed by atoms with E-state index in [4.69, 9.17) is 25.8 Å². The number of nitro benzene ring substituents is 2. The number of benzene rings is 3. The topological polar surface area (TPSA) is 155 Å². The molecule has 1 aliphatic heterocycles. The summed E-state index contributed by atoms with van der Waals surface area (Å²) in [6.07, 6.45) is 1.62. The van der Waals surface area contributed by atoms with Gasteiger partial charge in [0.1, 0.15) is 11.4 Å². The van der Waals surface area contributed by atoms with Crippen LogP contribution in [0.5, 0.6) is 23.0 Å². The molecule has 39 heavy (non-hydrogen) atoms. The molecule has 0 atom stereocenters. The fraction of sp³-hybridized carbons (Fsp3) is 0.120. The lowest BCUT2D eigenvalue weighted by Crippen LogP contribution is -2.19. The van der Waals surface area contributed by atoms with Crippen LogP contribution in [0, 0.1) is 20.2 Å². The van der Waals surface area contributed by atoms with E-state index >= 15 is 0 Å². The number of nitro groups is 2. The van der Waals surface area contributed by atoms with E-state index in [-0.39, 0.29) is 29.8 Å². The third kappa shape index (κ3) is 6.45. The van der Waals surface area contributed by atoms with Gasteiger partial charge in [0.15, 0.2) is 16.7 Å². The second kappa shape index (κ2) is 11.8. The SMILES string of the molecule is CCOc1cc(/C=C2\SC(=Nc3cc(Cl)ccc3OC)NC2=O)ccc1Oc1ccc([N+](=O)[O-])cc1[N+](=O)[O-]. The molecule has 14 heteroatoms. The van der Waals surface area contributed by atoms with Crippen LogP contribution in [0.2, 0.25) is 5.02 Å². The van der Waals surface area contributed by atoms with Crippen LogP contribution in [0.1, 0.15) is 12.5 Å². The fourth-order valence-electron chi connectivity index (χ4n) is 3.43. The van der Waals surface area contributed by atoms with Crippen molar-refractivity contribution >= 4 is 57.6 Å². The molecule has 3 aromatic carbocycles. The van der Waals surface area contributed by atoms with Gasteiger partial charge in [0, 0.05) is 11.1 Å². The Bertz CT molecular complexity index is 1540. The molecule has 0 bridgehead atoms. The number of nitrogens with one attached hydrogen (secondary N) is 1. The van der Waals surface area contributed by atoms with Crippen LogP contribution in [-0.4, -0.2) is 34.6 Å². The number of methoxy groups -OCH3 is 1. The second-order valence-electron chi connectivity index (χ2n) is 7.71. The number of nitrogens with zero attached hydrogens (tertiary/aromatic N) is 3. The first-order chi connectivity index (χ1) is 18.7. The van der Waals surface area contributed by atoms with E-state index in [0.717, 1.165) is 30.0 Å². The van der Waals surface area contributed by atoms with Crippen LogP contribution in [0.25, 0.3) is 6.08 Å². The predicted molar refractivity (Wildman–Crippen MR) is 146 cm³/mol. The number of aliphatic imine (C=N–C) groups is 1. The number of carbonyl (C=O) groups excluding carboxylic acids is 1. The molecule has 0 radical (unpaired) electrons. The predicted octanol–water partition coefficient (Wildman–Crippen LogP) is 6.25. The average Bonchev–Trinajstić information content (AvgIpc) is 3.23. The van der Waals surface area contributed by atoms with Crippen molar-refractivity contribution in [2.24, 2.45) is 4.99 Å². The molecule has 1 N–H and O–H groups in total. The maximum atomic E-state index is 12.6. The van der Waals surface area contributed by atoms with Crippen LogP contribution in [0.3, 0.4) is 0 Å². The van der Waals surface area contributed by atoms with Crippen molar-refractivity contribution in [1.82, 2.24) is 5.32 Å². The normalized spacial score (nSPS) is 14.8. The van der Waals surface area contributed by atoms with Gasteiger partial charge in [-0.15, -0.1) is 0 Å². The van der Waals surface area contributed by atoms with E-state index in [1.165, 1.54) is 13.2 Å². The van der Waals surface area contributed by atoms with Gasteiger partial charge in [-0.2, -0.15) is 0 Å². The smallest absolute Gasteiger partial charge is 0.318 e. The Morgan fingerprint density at radius 3 is 2.44 bits per heavy atom. The Hall–Kier alpha value is -4.62. The first-order valence-corrected chi connectivity index (χ1v) is 12.4. The standard InChI is InChI=1S/C25H19ClN4O8S/c1-3-37-22-10-14(4-7-21(22)38-20-9-6-16(29(32)33)13-18(20)30(34)35)11-23-24(31)28-25(39-23)27-17-12-15(26)5-8-19(17)36-2/h4-13H,3H2,1-2H3,(H,27,28,31)/b23-11-. The van der Waals surface area contributed by atoms with Gasteiger partial charge in [0.2, 0.25) is 5.75 Å². The highest BCUT2D eigenvalue weighted by molar-refractivity contribution is 8.18. The van der Waals surface area contributed by atoms with E-state index in [0.29, 0.717) is 32.1 Å². The molecular formula is C25H19ClN4O8S. The van der Waals surface area contributed by atoms with E-state index < -0.39 is 21.2 Å². The molecule has 1 aliphatic rings. The molecule has 12 nitrogen and oxygen atoms in total. The van der Waals surface area contributed by atoms with Gasteiger partial charge in [-0.25, -0.2) is 4.99 Å². The molecule has 1 fully saturated rings. The van der Waals surface area contributed by atoms with Crippen LogP contribution in [-0.2, 0) is 4.79 Å². The first-order valence-electron chi connectivity index (χ1n) is 11.2. The Kier molecular flexibility index (Phi) is 8.32. The maximum Gasteiger partial charge on any atom is 0.318 e. The number of non-ortho nitro benzene ring substituents is 1. The number of amides is 1. The zero-order chi connectivity index (χ0) is 28.1. The number of rotatable bonds is 9. The lowest BCUT2D eigenvalue weighted by molar-refractivity contribution is -0.394. The molecule has 1 amide bonds. The van der Waals surface area contributed by atoms with Gasteiger partial charge in [0.25, 0.3) is 11.6 Å². The number of thioether (sulfide) groups is 1. The molecule has 4 rings (SSSR count). The highest BCUT2D eigenvalue weighted by Gasteiger charge is 2.25. The summed E-state index contributed by atoms with van der Waals surface area (Å²) in [6, 6.07) is 12.8. The zero-order valence-electron chi connectivity index (χ0n) is 20.4. The Balaban J connectivity index is 1.61. The number of halogens is 1. The molecule has 0 unspecified atom stereocenters. The quantitative estimate of drug-likeness (QED) is 0.178. The minimum absolute atomic E-state index is 0.148. The third-order valence-electron chi connectivity index (χ3n) is 5.15. The number of amidine groups is 1. The molecule has 1 saturated heterocycles. The average molecular weight is 571 g/mol. The minimum atomic E-state index is -0.768. The summed E-state index contributed by atoms with van der Waals surface area (Å²) < 4.78 is 16.7. The third-order valence-corrected chi connectivity index (χ3v) is 6.29. The van der Waals surface area contributed by atoms with Crippen molar-refractivity contribution in [1.29, 1.82) is 0 Å². The van der Waals surface area contributed by atoms with Crippen molar-refractivity contribution in [2.45, 2.75) is 6.92 Å². The fourth-order valence-corrected chi connectivity index (χ4v) is 4.43. The van der Waals surface area contributed by atoms with E-state index in [1.54, 1.807) is 43.3 Å². The number of hydrogen-bond acceptors (Lipinski definition) is 10. The summed E-state index contributed by atoms with van der Waals surface area (Å²) in [5, 5.41) is 26.0. The second-order valence-corrected chi connectivity index (χ2v) is 9.17. The van der Waals surface area contributed by atoms with Gasteiger partial charge in [0.05, 0.1) is 34.5 Å². The molecule has 200 valence electrons. The van der Waals surface area contributed by atoms with Crippen molar-refractivity contribution in [3.63, 3.8) is 0 Å². The van der Waals surface area contributed by atoms with Gasteiger partial charge >= 0.3 is 5.69 Å². The molecule has 0 saturated carbocycles. The van der Waals surface area contributed by atoms with Gasteiger partial charge in [-0.3, -0.25) is 25.0 Å². The van der Waals surface area contributed by atoms with Crippen LogP contribution in [0.15, 0.2) is 64.5 Å². The summed E-state index contributed by atoms with van der Waals surface area (Å²) in [5.74, 6) is 0.333. The molecule has 0 aliphatic carbocycles. The first kappa shape index (κ1) is 27.4. The van der Waals surface area contributed by atoms with Crippen molar-refractivity contribution in [3.8, 4) is 23.0 Å². The monoisotopic (exact) mass is 570 g/mol. The highest BCUT2D eigenvalue weighted by Crippen LogP contribution is 2.39. The largest absolute Gasteiger partial charge is 0.494 e. The van der Waals surface area contributed by atoms with Crippen LogP contribution >= 0.6 is 23.4 Å². The minimum Gasteiger partial charge on any atom is -0.494 e. The Morgan fingerprint density at radius 2 is 1.74 bits per heavy atom. The molecule has 0 spiro atoms. The Morgan fingerprint density at radius 1 is 1.00 bits per heavy atom. The highest BCUT2D eigenvalue weighted by atomic mass is 35.5. The summed E-state index contributed by atoms with van der Waals surface area (Å²) in [4.78, 5) is 38.4. The number of carbonyl (C=O) groups is 1. The van der Waals surface area contributed by atoms with Crippen molar-refractivity contribution in [2.75, 3.05) is 13.7 Å². The molecular weight excluding hydrogens is 552 g/mol. The Labute approximate surface area is 230 Å². The number of hydrogen-bond donors (Lipinski definition) is 1. The van der Waals surface area contributed by atoms with Gasteiger partial charge in [-0.05, 0) is 66.7 Å². The van der Waals surface area contributed by atoms with E-state index in [2.05, 4.69) is 10.3 Å². The number of ether oxygens (including phenoxy) is 3. The lowest BCUT2D eigenvalue weighted by atomic mass is 10.2. The zero-order valence-corrected chi connectivity index (χ0v) is 21.9. The molecule has 1 heterocycles. The van der Waals surface area contributed by atoms with Crippen molar-refractivity contribution in [3.05, 3.63) is 90.3 Å². The molecule has 0 aromatic heterocycles. The lowest BCUT2D eigenvalue weighted by Gasteiger charge is -2.12. The van der Waals surface area contributed by atoms with Crippen LogP contribution in [0.4, 0.5) is 17.1 Å². The van der Waals surface area contributed by atoms with Crippen LogP contribution < -0.4 is 19.5 Å². The van der Waals surface area contributed by atoms with Gasteiger partial charge < -0.3 is 19.5 Å². The van der Waals surface area contributed by atoms with Gasteiger partial charge in [-0.1, -0.05) is 17.7 Å². The van der Waals surface area contributed by atoms with E-state index in [1.807, 2.05) is 0 Å². The summed E-state index contributed by atoms with van der Waals surface area (Å²) in [7, 11) is 1.50. The maximum absolute atomic E-state index is 12.6. The summed E-state index contributed by atoms with van der Waals surface area (Å²) in [5.41, 5.74) is 0.0305. The van der Waals surface area contributed by atoms with Crippen molar-refractivity contribution < 1.29 is 28.9 Å². The summed E-state index contributed by atoms with van der Waals surface area (Å²) >= 11 is 7.18. The molecule has 3 aromatic rings. The van der Waals surface area contributed by atoms with E-state index in [9.17, 15) is 25.0 Å².